The van der Waals surface area contributed by atoms with Gasteiger partial charge in [0, 0.05) is 0 Å². The second-order valence-electron chi connectivity index (χ2n) is 2.71. The molecule has 0 bridgehead atoms. The molecule has 0 aliphatic carbocycles. The number of carboxylic acids is 1. The van der Waals surface area contributed by atoms with E-state index >= 15 is 0 Å². The standard InChI is InChI=1S/C8H13NO2/c10-8(11)2-1-7-3-5-9-6-4-7/h1,9H,2-6H2,(H,10,11). The van der Waals surface area contributed by atoms with Crippen LogP contribution in [0.3, 0.4) is 0 Å². The molecule has 0 radical (unpaired) electrons. The minimum Gasteiger partial charge on any atom is -0.481 e. The Morgan fingerprint density at radius 2 is 2.18 bits per heavy atom. The third-order valence-corrected chi connectivity index (χ3v) is 1.81. The molecule has 0 aromatic rings. The molecule has 3 nitrogen and oxygen atoms in total. The molecular formula is C8H13NO2. The van der Waals surface area contributed by atoms with E-state index < -0.39 is 5.97 Å². The van der Waals surface area contributed by atoms with Gasteiger partial charge in [0.1, 0.15) is 0 Å². The maximum Gasteiger partial charge on any atom is 0.307 e. The van der Waals surface area contributed by atoms with Gasteiger partial charge in [0.15, 0.2) is 0 Å². The van der Waals surface area contributed by atoms with Gasteiger partial charge in [0.2, 0.25) is 0 Å². The quantitative estimate of drug-likeness (QED) is 0.579. The van der Waals surface area contributed by atoms with Crippen LogP contribution in [0, 0.1) is 0 Å². The van der Waals surface area contributed by atoms with Gasteiger partial charge in [-0.2, -0.15) is 0 Å². The molecule has 1 fully saturated rings. The van der Waals surface area contributed by atoms with E-state index in [0.717, 1.165) is 25.9 Å². The fraction of sp³-hybridized carbons (Fsp3) is 0.625. The maximum atomic E-state index is 10.2. The van der Waals surface area contributed by atoms with Crippen LogP contribution in [-0.4, -0.2) is 24.2 Å². The predicted octanol–water partition coefficient (Wildman–Crippen LogP) is 0.771. The van der Waals surface area contributed by atoms with E-state index in [1.807, 2.05) is 6.08 Å². The molecule has 2 N–H and O–H groups in total. The Morgan fingerprint density at radius 3 is 2.73 bits per heavy atom. The summed E-state index contributed by atoms with van der Waals surface area (Å²) < 4.78 is 0. The first-order valence-electron chi connectivity index (χ1n) is 3.89. The minimum absolute atomic E-state index is 0.176. The topological polar surface area (TPSA) is 49.3 Å². The maximum absolute atomic E-state index is 10.2. The second kappa shape index (κ2) is 4.13. The highest BCUT2D eigenvalue weighted by Gasteiger charge is 2.04. The lowest BCUT2D eigenvalue weighted by Crippen LogP contribution is -2.23. The molecule has 0 aromatic heterocycles. The minimum atomic E-state index is -0.740. The van der Waals surface area contributed by atoms with Crippen molar-refractivity contribution in [3.8, 4) is 0 Å². The molecule has 0 amide bonds. The van der Waals surface area contributed by atoms with Crippen LogP contribution in [0.1, 0.15) is 19.3 Å². The molecule has 0 aromatic carbocycles. The average Bonchev–Trinajstić information content (AvgIpc) is 2.03. The number of carboxylic acid groups (broad SMARTS) is 1. The van der Waals surface area contributed by atoms with E-state index in [9.17, 15) is 4.79 Å². The van der Waals surface area contributed by atoms with E-state index in [-0.39, 0.29) is 6.42 Å². The van der Waals surface area contributed by atoms with Crippen molar-refractivity contribution in [2.75, 3.05) is 13.1 Å². The fourth-order valence-corrected chi connectivity index (χ4v) is 1.18. The smallest absolute Gasteiger partial charge is 0.307 e. The third-order valence-electron chi connectivity index (χ3n) is 1.81. The van der Waals surface area contributed by atoms with Gasteiger partial charge >= 0.3 is 5.97 Å². The van der Waals surface area contributed by atoms with Crippen LogP contribution in [0.5, 0.6) is 0 Å². The van der Waals surface area contributed by atoms with Gasteiger partial charge in [-0.1, -0.05) is 11.6 Å². The van der Waals surface area contributed by atoms with Crippen LogP contribution in [0.15, 0.2) is 11.6 Å². The SMILES string of the molecule is O=C(O)CC=C1CCNCC1. The Labute approximate surface area is 66.1 Å². The zero-order valence-electron chi connectivity index (χ0n) is 6.47. The first-order valence-corrected chi connectivity index (χ1v) is 3.89. The molecule has 1 rings (SSSR count). The molecule has 1 aliphatic rings. The lowest BCUT2D eigenvalue weighted by atomic mass is 10.0. The zero-order valence-corrected chi connectivity index (χ0v) is 6.47. The summed E-state index contributed by atoms with van der Waals surface area (Å²) in [5, 5.41) is 11.6. The van der Waals surface area contributed by atoms with Crippen LogP contribution in [0.25, 0.3) is 0 Å². The molecule has 1 saturated heterocycles. The van der Waals surface area contributed by atoms with Crippen molar-refractivity contribution >= 4 is 5.97 Å². The molecule has 1 heterocycles. The van der Waals surface area contributed by atoms with Crippen LogP contribution < -0.4 is 5.32 Å². The van der Waals surface area contributed by atoms with E-state index in [0.29, 0.717) is 0 Å². The average molecular weight is 155 g/mol. The van der Waals surface area contributed by atoms with Crippen LogP contribution in [0.2, 0.25) is 0 Å². The summed E-state index contributed by atoms with van der Waals surface area (Å²) in [6.45, 7) is 1.98. The lowest BCUT2D eigenvalue weighted by Gasteiger charge is -2.14. The van der Waals surface area contributed by atoms with Crippen molar-refractivity contribution in [3.05, 3.63) is 11.6 Å². The van der Waals surface area contributed by atoms with Crippen molar-refractivity contribution in [2.45, 2.75) is 19.3 Å². The van der Waals surface area contributed by atoms with E-state index in [1.165, 1.54) is 5.57 Å². The number of aliphatic carboxylic acids is 1. The molecule has 0 saturated carbocycles. The van der Waals surface area contributed by atoms with Gasteiger partial charge in [0.25, 0.3) is 0 Å². The van der Waals surface area contributed by atoms with Crippen molar-refractivity contribution in [3.63, 3.8) is 0 Å². The largest absolute Gasteiger partial charge is 0.481 e. The van der Waals surface area contributed by atoms with Crippen LogP contribution in [-0.2, 0) is 4.79 Å². The molecule has 11 heavy (non-hydrogen) atoms. The summed E-state index contributed by atoms with van der Waals surface area (Å²) in [7, 11) is 0. The Hall–Kier alpha value is -0.830. The van der Waals surface area contributed by atoms with Crippen LogP contribution in [0.4, 0.5) is 0 Å². The monoisotopic (exact) mass is 155 g/mol. The van der Waals surface area contributed by atoms with E-state index in [4.69, 9.17) is 5.11 Å². The number of hydrogen-bond donors (Lipinski definition) is 2. The molecule has 0 unspecified atom stereocenters. The van der Waals surface area contributed by atoms with Gasteiger partial charge in [-0.3, -0.25) is 4.79 Å². The summed E-state index contributed by atoms with van der Waals surface area (Å²) in [5.74, 6) is -0.740. The first-order chi connectivity index (χ1) is 5.29. The number of piperidine rings is 1. The number of nitrogens with one attached hydrogen (secondary N) is 1. The van der Waals surface area contributed by atoms with Gasteiger partial charge in [-0.05, 0) is 25.9 Å². The zero-order chi connectivity index (χ0) is 8.10. The number of hydrogen-bond acceptors (Lipinski definition) is 2. The molecule has 62 valence electrons. The highest BCUT2D eigenvalue weighted by molar-refractivity contribution is 5.68. The first kappa shape index (κ1) is 8.27. The summed E-state index contributed by atoms with van der Waals surface area (Å²) in [5.41, 5.74) is 1.28. The van der Waals surface area contributed by atoms with Crippen molar-refractivity contribution in [1.29, 1.82) is 0 Å². The summed E-state index contributed by atoms with van der Waals surface area (Å²) in [6, 6.07) is 0. The number of rotatable bonds is 2. The van der Waals surface area contributed by atoms with Crippen molar-refractivity contribution in [1.82, 2.24) is 5.32 Å². The highest BCUT2D eigenvalue weighted by atomic mass is 16.4. The Kier molecular flexibility index (Phi) is 3.11. The van der Waals surface area contributed by atoms with Gasteiger partial charge < -0.3 is 10.4 Å². The Balaban J connectivity index is 2.32. The van der Waals surface area contributed by atoms with Gasteiger partial charge in [-0.15, -0.1) is 0 Å². The van der Waals surface area contributed by atoms with Crippen LogP contribution >= 0.6 is 0 Å². The summed E-state index contributed by atoms with van der Waals surface area (Å²) in [4.78, 5) is 10.2. The Morgan fingerprint density at radius 1 is 1.55 bits per heavy atom. The predicted molar refractivity (Wildman–Crippen MR) is 42.4 cm³/mol. The van der Waals surface area contributed by atoms with Crippen molar-refractivity contribution in [2.24, 2.45) is 0 Å². The lowest BCUT2D eigenvalue weighted by molar-refractivity contribution is -0.136. The Bertz CT molecular complexity index is 167. The number of carbonyl (C=O) groups is 1. The highest BCUT2D eigenvalue weighted by Crippen LogP contribution is 2.10. The molecule has 3 heteroatoms. The molecule has 0 atom stereocenters. The van der Waals surface area contributed by atoms with E-state index in [1.54, 1.807) is 0 Å². The van der Waals surface area contributed by atoms with Gasteiger partial charge in [0.05, 0.1) is 6.42 Å². The fourth-order valence-electron chi connectivity index (χ4n) is 1.18. The summed E-state index contributed by atoms with van der Waals surface area (Å²) >= 11 is 0. The normalized spacial score (nSPS) is 18.0. The van der Waals surface area contributed by atoms with Gasteiger partial charge in [-0.25, -0.2) is 0 Å². The second-order valence-corrected chi connectivity index (χ2v) is 2.71. The molecular weight excluding hydrogens is 142 g/mol. The molecule has 1 aliphatic heterocycles. The third kappa shape index (κ3) is 3.18. The van der Waals surface area contributed by atoms with Crippen molar-refractivity contribution < 1.29 is 9.90 Å². The van der Waals surface area contributed by atoms with E-state index in [2.05, 4.69) is 5.32 Å². The summed E-state index contributed by atoms with van der Waals surface area (Å²) in [6.07, 6.45) is 4.03. The molecule has 0 spiro atoms.